The van der Waals surface area contributed by atoms with Crippen molar-refractivity contribution >= 4 is 28.6 Å². The van der Waals surface area contributed by atoms with Crippen LogP contribution in [0.2, 0.25) is 0 Å². The minimum atomic E-state index is 0.800. The van der Waals surface area contributed by atoms with E-state index in [1.54, 1.807) is 0 Å². The van der Waals surface area contributed by atoms with Gasteiger partial charge in [0.2, 0.25) is 0 Å². The van der Waals surface area contributed by atoms with Crippen molar-refractivity contribution in [1.82, 2.24) is 9.97 Å². The normalized spacial score (nSPS) is 10.6. The summed E-state index contributed by atoms with van der Waals surface area (Å²) in [5, 5.41) is 1.66. The zero-order valence-electron chi connectivity index (χ0n) is 8.32. The van der Waals surface area contributed by atoms with Crippen molar-refractivity contribution in [1.29, 1.82) is 0 Å². The maximum atomic E-state index is 4.19. The van der Waals surface area contributed by atoms with Gasteiger partial charge in [0, 0.05) is 4.48 Å². The Bertz CT molecular complexity index is 376. The monoisotopic (exact) mass is 242 g/mol. The summed E-state index contributed by atoms with van der Waals surface area (Å²) >= 11 is 3.22. The van der Waals surface area contributed by atoms with Gasteiger partial charge in [0.15, 0.2) is 0 Å². The van der Waals surface area contributed by atoms with Crippen molar-refractivity contribution in [2.45, 2.75) is 20.8 Å². The van der Waals surface area contributed by atoms with Gasteiger partial charge < -0.3 is 4.98 Å². The van der Waals surface area contributed by atoms with Crippen LogP contribution in [0.4, 0.5) is 0 Å². The van der Waals surface area contributed by atoms with Gasteiger partial charge in [0.1, 0.15) is 5.82 Å². The van der Waals surface area contributed by atoms with Crippen LogP contribution in [-0.2, 0) is 0 Å². The average molecular weight is 243 g/mol. The van der Waals surface area contributed by atoms with Crippen LogP contribution in [0.5, 0.6) is 0 Å². The summed E-state index contributed by atoms with van der Waals surface area (Å²) in [6.45, 7) is 13.4. The van der Waals surface area contributed by atoms with Crippen molar-refractivity contribution in [2.24, 2.45) is 0 Å². The van der Waals surface area contributed by atoms with E-state index in [0.29, 0.717) is 0 Å². The van der Waals surface area contributed by atoms with Gasteiger partial charge in [-0.25, -0.2) is 4.98 Å². The number of nitrogens with zero attached hydrogens (tertiary/aromatic N) is 1. The van der Waals surface area contributed by atoms with Crippen LogP contribution in [0.15, 0.2) is 11.1 Å². The number of aromatic amines is 1. The van der Waals surface area contributed by atoms with E-state index in [0.717, 1.165) is 21.0 Å². The van der Waals surface area contributed by atoms with Crippen molar-refractivity contribution in [3.8, 4) is 0 Å². The third-order valence-corrected chi connectivity index (χ3v) is 1.45. The second kappa shape index (κ2) is 5.75. The molecule has 0 aromatic carbocycles. The van der Waals surface area contributed by atoms with Crippen LogP contribution < -0.4 is 10.7 Å². The number of rotatable bonds is 1. The fraction of sp³-hybridized carbons (Fsp3) is 0.300. The highest BCUT2D eigenvalue weighted by molar-refractivity contribution is 9.12. The van der Waals surface area contributed by atoms with Crippen molar-refractivity contribution in [2.75, 3.05) is 0 Å². The zero-order chi connectivity index (χ0) is 10.4. The predicted molar refractivity (Wildman–Crippen MR) is 62.0 cm³/mol. The van der Waals surface area contributed by atoms with Gasteiger partial charge in [-0.15, -0.1) is 0 Å². The predicted octanol–water partition coefficient (Wildman–Crippen LogP) is 1.84. The second-order valence-electron chi connectivity index (χ2n) is 2.28. The third kappa shape index (κ3) is 4.08. The van der Waals surface area contributed by atoms with Gasteiger partial charge in [0.05, 0.1) is 10.7 Å². The Morgan fingerprint density at radius 3 is 2.38 bits per heavy atom. The number of hydrogen-bond donors (Lipinski definition) is 1. The Morgan fingerprint density at radius 2 is 2.08 bits per heavy atom. The molecule has 1 aromatic heterocycles. The SMILES string of the molecule is C=C(Br)/C=c1/nc(C)[nH]c1=C.CC. The molecule has 0 aliphatic rings. The lowest BCUT2D eigenvalue weighted by molar-refractivity contribution is 1.13. The Morgan fingerprint density at radius 1 is 1.54 bits per heavy atom. The minimum Gasteiger partial charge on any atom is -0.343 e. The number of halogens is 1. The summed E-state index contributed by atoms with van der Waals surface area (Å²) in [4.78, 5) is 7.18. The van der Waals surface area contributed by atoms with E-state index in [1.807, 2.05) is 26.8 Å². The molecule has 0 atom stereocenters. The summed E-state index contributed by atoms with van der Waals surface area (Å²) in [6, 6.07) is 0. The van der Waals surface area contributed by atoms with E-state index in [2.05, 4.69) is 39.1 Å². The molecular weight excluding hydrogens is 228 g/mol. The van der Waals surface area contributed by atoms with Crippen molar-refractivity contribution < 1.29 is 0 Å². The Kier molecular flexibility index (Phi) is 5.39. The fourth-order valence-electron chi connectivity index (χ4n) is 0.826. The molecule has 1 heterocycles. The Hall–Kier alpha value is -0.830. The zero-order valence-corrected chi connectivity index (χ0v) is 9.90. The van der Waals surface area contributed by atoms with E-state index in [-0.39, 0.29) is 0 Å². The molecule has 0 aliphatic carbocycles. The first kappa shape index (κ1) is 12.2. The molecule has 0 radical (unpaired) electrons. The fourth-order valence-corrected chi connectivity index (χ4v) is 1.04. The van der Waals surface area contributed by atoms with E-state index < -0.39 is 0 Å². The van der Waals surface area contributed by atoms with Crippen LogP contribution in [0.25, 0.3) is 12.7 Å². The van der Waals surface area contributed by atoms with Crippen LogP contribution in [0, 0.1) is 6.92 Å². The molecular formula is C10H15BrN2. The van der Waals surface area contributed by atoms with E-state index in [1.165, 1.54) is 0 Å². The third-order valence-electron chi connectivity index (χ3n) is 1.22. The largest absolute Gasteiger partial charge is 0.343 e. The average Bonchev–Trinajstić information content (AvgIpc) is 2.33. The molecule has 1 rings (SSSR count). The Balaban J connectivity index is 0.000000671. The molecule has 0 spiro atoms. The van der Waals surface area contributed by atoms with E-state index in [9.17, 15) is 0 Å². The number of hydrogen-bond acceptors (Lipinski definition) is 1. The first-order chi connectivity index (χ1) is 6.09. The topological polar surface area (TPSA) is 28.7 Å². The highest BCUT2D eigenvalue weighted by atomic mass is 79.9. The van der Waals surface area contributed by atoms with Crippen LogP contribution in [0.3, 0.4) is 0 Å². The van der Waals surface area contributed by atoms with Gasteiger partial charge in [-0.3, -0.25) is 0 Å². The van der Waals surface area contributed by atoms with Crippen LogP contribution >= 0.6 is 15.9 Å². The molecule has 72 valence electrons. The van der Waals surface area contributed by atoms with Gasteiger partial charge in [-0.1, -0.05) is 42.9 Å². The smallest absolute Gasteiger partial charge is 0.104 e. The lowest BCUT2D eigenvalue weighted by Gasteiger charge is -1.77. The summed E-state index contributed by atoms with van der Waals surface area (Å²) in [7, 11) is 0. The first-order valence-corrected chi connectivity index (χ1v) is 4.96. The van der Waals surface area contributed by atoms with Gasteiger partial charge in [0.25, 0.3) is 0 Å². The molecule has 2 nitrogen and oxygen atoms in total. The second-order valence-corrected chi connectivity index (χ2v) is 3.30. The summed E-state index contributed by atoms with van der Waals surface area (Å²) in [6.07, 6.45) is 1.83. The van der Waals surface area contributed by atoms with Crippen molar-refractivity contribution in [3.05, 3.63) is 27.6 Å². The maximum Gasteiger partial charge on any atom is 0.104 e. The lowest BCUT2D eigenvalue weighted by atomic mass is 10.5. The molecule has 1 aromatic rings. The molecule has 1 N–H and O–H groups in total. The molecule has 0 saturated carbocycles. The highest BCUT2D eigenvalue weighted by Crippen LogP contribution is 1.99. The number of nitrogens with one attached hydrogen (secondary N) is 1. The quantitative estimate of drug-likeness (QED) is 0.801. The van der Waals surface area contributed by atoms with Gasteiger partial charge in [-0.05, 0) is 13.0 Å². The number of H-pyrrole nitrogens is 1. The molecule has 0 saturated heterocycles. The number of aryl methyl sites for hydroxylation is 1. The maximum absolute atomic E-state index is 4.19. The lowest BCUT2D eigenvalue weighted by Crippen LogP contribution is -2.22. The van der Waals surface area contributed by atoms with Crippen LogP contribution in [0.1, 0.15) is 19.7 Å². The minimum absolute atomic E-state index is 0.800. The van der Waals surface area contributed by atoms with Gasteiger partial charge in [-0.2, -0.15) is 0 Å². The molecule has 0 bridgehead atoms. The molecule has 13 heavy (non-hydrogen) atoms. The standard InChI is InChI=1S/C8H9BrN2.C2H6/c1-5(9)4-8-6(2)10-7(3)11-8;1-2/h4H,1-2H2,3H3,(H,10,11);1-2H3/b8-4+;. The summed E-state index contributed by atoms with van der Waals surface area (Å²) < 4.78 is 0.800. The number of allylic oxidation sites excluding steroid dienone is 1. The molecule has 0 aliphatic heterocycles. The van der Waals surface area contributed by atoms with E-state index in [4.69, 9.17) is 0 Å². The first-order valence-electron chi connectivity index (χ1n) is 4.17. The van der Waals surface area contributed by atoms with Crippen molar-refractivity contribution in [3.63, 3.8) is 0 Å². The van der Waals surface area contributed by atoms with Gasteiger partial charge >= 0.3 is 0 Å². The molecule has 0 unspecified atom stereocenters. The molecule has 0 amide bonds. The molecule has 3 heteroatoms. The van der Waals surface area contributed by atoms with E-state index >= 15 is 0 Å². The number of aromatic nitrogens is 2. The summed E-state index contributed by atoms with van der Waals surface area (Å²) in [5.41, 5.74) is 0. The highest BCUT2D eigenvalue weighted by Gasteiger charge is 1.89. The van der Waals surface area contributed by atoms with Crippen LogP contribution in [-0.4, -0.2) is 9.97 Å². The Labute approximate surface area is 87.2 Å². The summed E-state index contributed by atoms with van der Waals surface area (Å²) in [5.74, 6) is 0.870. The molecule has 0 fully saturated rings. The number of imidazole rings is 1.